The van der Waals surface area contributed by atoms with E-state index >= 15 is 0 Å². The predicted octanol–water partition coefficient (Wildman–Crippen LogP) is 11.1. The summed E-state index contributed by atoms with van der Waals surface area (Å²) in [5, 5.41) is 9.21. The quantitative estimate of drug-likeness (QED) is 0.202. The lowest BCUT2D eigenvalue weighted by Crippen LogP contribution is -1.97. The van der Waals surface area contributed by atoms with Crippen molar-refractivity contribution in [2.45, 2.75) is 0 Å². The summed E-state index contributed by atoms with van der Waals surface area (Å²) in [5.74, 6) is 0. The van der Waals surface area contributed by atoms with Gasteiger partial charge in [-0.25, -0.2) is 0 Å². The van der Waals surface area contributed by atoms with Crippen molar-refractivity contribution in [3.05, 3.63) is 140 Å². The standard InChI is InChI=1S/C41H23N3O2/c1-2-10-26-24(9-1)17-20-33-38(26)29-19-18-25(43-31-14-6-3-11-27(31)28-12-4-7-15-32(28)43)23-34(29)44(33)41-42-40-37(46-41)22-21-36-39(40)30-13-5-8-16-35(30)45-36/h1-23H. The molecule has 0 N–H and O–H groups in total. The van der Waals surface area contributed by atoms with Crippen molar-refractivity contribution < 1.29 is 8.83 Å². The Morgan fingerprint density at radius 1 is 0.413 bits per heavy atom. The Balaban J connectivity index is 1.27. The van der Waals surface area contributed by atoms with Gasteiger partial charge in [0.25, 0.3) is 0 Å². The molecule has 0 radical (unpaired) electrons. The van der Waals surface area contributed by atoms with Gasteiger partial charge in [0, 0.05) is 32.6 Å². The Bertz CT molecular complexity index is 2990. The molecule has 11 rings (SSSR count). The smallest absolute Gasteiger partial charge is 0.307 e. The highest BCUT2D eigenvalue weighted by Gasteiger charge is 2.22. The number of nitrogens with zero attached hydrogens (tertiary/aromatic N) is 3. The summed E-state index contributed by atoms with van der Waals surface area (Å²) in [6.07, 6.45) is 0. The van der Waals surface area contributed by atoms with E-state index in [1.165, 1.54) is 38.0 Å². The van der Waals surface area contributed by atoms with Gasteiger partial charge in [-0.05, 0) is 59.3 Å². The van der Waals surface area contributed by atoms with Crippen molar-refractivity contribution in [1.82, 2.24) is 14.1 Å². The zero-order valence-corrected chi connectivity index (χ0v) is 24.4. The number of fused-ring (bicyclic) bond motifs is 13. The molecule has 7 aromatic carbocycles. The van der Waals surface area contributed by atoms with Gasteiger partial charge in [0.2, 0.25) is 0 Å². The lowest BCUT2D eigenvalue weighted by Gasteiger charge is -2.09. The van der Waals surface area contributed by atoms with Crippen molar-refractivity contribution in [2.75, 3.05) is 0 Å². The molecule has 0 aliphatic rings. The topological polar surface area (TPSA) is 49.0 Å². The van der Waals surface area contributed by atoms with E-state index in [0.29, 0.717) is 6.01 Å². The molecule has 0 fully saturated rings. The van der Waals surface area contributed by atoms with Crippen LogP contribution in [0.2, 0.25) is 0 Å². The minimum Gasteiger partial charge on any atom is -0.456 e. The van der Waals surface area contributed by atoms with Crippen molar-refractivity contribution in [3.8, 4) is 11.7 Å². The first-order valence-electron chi connectivity index (χ1n) is 15.5. The second kappa shape index (κ2) is 8.65. The normalized spacial score (nSPS) is 12.3. The van der Waals surface area contributed by atoms with Gasteiger partial charge >= 0.3 is 6.01 Å². The van der Waals surface area contributed by atoms with E-state index in [1.807, 2.05) is 30.3 Å². The average Bonchev–Trinajstić information content (AvgIpc) is 3.86. The maximum absolute atomic E-state index is 6.64. The Labute approximate surface area is 261 Å². The molecule has 4 aromatic heterocycles. The first-order valence-corrected chi connectivity index (χ1v) is 15.5. The van der Waals surface area contributed by atoms with Crippen molar-refractivity contribution in [2.24, 2.45) is 0 Å². The highest BCUT2D eigenvalue weighted by Crippen LogP contribution is 2.41. The Hall–Kier alpha value is -6.33. The maximum atomic E-state index is 6.64. The molecule has 5 heteroatoms. The largest absolute Gasteiger partial charge is 0.456 e. The van der Waals surface area contributed by atoms with Gasteiger partial charge in [-0.3, -0.25) is 4.57 Å². The van der Waals surface area contributed by atoms with Crippen LogP contribution in [0.25, 0.3) is 99.1 Å². The van der Waals surface area contributed by atoms with Crippen LogP contribution in [-0.2, 0) is 0 Å². The molecule has 214 valence electrons. The van der Waals surface area contributed by atoms with Crippen LogP contribution in [0.5, 0.6) is 0 Å². The monoisotopic (exact) mass is 589 g/mol. The summed E-state index contributed by atoms with van der Waals surface area (Å²) in [7, 11) is 0. The van der Waals surface area contributed by atoms with Crippen LogP contribution >= 0.6 is 0 Å². The first kappa shape index (κ1) is 24.0. The molecule has 0 amide bonds. The van der Waals surface area contributed by atoms with Crippen LogP contribution in [-0.4, -0.2) is 14.1 Å². The lowest BCUT2D eigenvalue weighted by atomic mass is 10.0. The summed E-state index contributed by atoms with van der Waals surface area (Å²) in [4.78, 5) is 5.21. The molecule has 0 aliphatic carbocycles. The molecule has 0 aliphatic heterocycles. The van der Waals surface area contributed by atoms with Gasteiger partial charge < -0.3 is 13.4 Å². The fourth-order valence-corrected chi connectivity index (χ4v) is 7.61. The fraction of sp³-hybridized carbons (Fsp3) is 0. The molecule has 0 saturated carbocycles. The van der Waals surface area contributed by atoms with Crippen molar-refractivity contribution >= 4 is 87.4 Å². The van der Waals surface area contributed by atoms with Gasteiger partial charge in [0.15, 0.2) is 5.58 Å². The Kier molecular flexibility index (Phi) is 4.52. The average molecular weight is 590 g/mol. The van der Waals surface area contributed by atoms with E-state index in [1.54, 1.807) is 0 Å². The number of para-hydroxylation sites is 3. The SMILES string of the molecule is c1ccc2c(c1)ccc1c2c2ccc(-n3c4ccccc4c4ccccc43)cc2n1-c1nc2c(ccc3oc4ccccc4c32)o1. The lowest BCUT2D eigenvalue weighted by molar-refractivity contribution is 0.574. The molecule has 0 bridgehead atoms. The minimum absolute atomic E-state index is 0.530. The molecule has 0 saturated heterocycles. The Morgan fingerprint density at radius 3 is 1.93 bits per heavy atom. The van der Waals surface area contributed by atoms with Gasteiger partial charge in [0.05, 0.1) is 27.5 Å². The third-order valence-corrected chi connectivity index (χ3v) is 9.56. The van der Waals surface area contributed by atoms with Gasteiger partial charge in [-0.1, -0.05) is 91.0 Å². The number of furan rings is 1. The third-order valence-electron chi connectivity index (χ3n) is 9.56. The minimum atomic E-state index is 0.530. The molecular weight excluding hydrogens is 566 g/mol. The summed E-state index contributed by atoms with van der Waals surface area (Å²) in [6.45, 7) is 0. The first-order chi connectivity index (χ1) is 22.8. The third kappa shape index (κ3) is 3.06. The zero-order chi connectivity index (χ0) is 29.9. The predicted molar refractivity (Wildman–Crippen MR) is 187 cm³/mol. The van der Waals surface area contributed by atoms with Gasteiger partial charge in [0.1, 0.15) is 16.7 Å². The molecule has 11 aromatic rings. The maximum Gasteiger partial charge on any atom is 0.307 e. The second-order valence-corrected chi connectivity index (χ2v) is 12.0. The van der Waals surface area contributed by atoms with Crippen molar-refractivity contribution in [3.63, 3.8) is 0 Å². The fourth-order valence-electron chi connectivity index (χ4n) is 7.61. The van der Waals surface area contributed by atoms with Crippen LogP contribution in [0.4, 0.5) is 0 Å². The van der Waals surface area contributed by atoms with Crippen LogP contribution < -0.4 is 0 Å². The van der Waals surface area contributed by atoms with E-state index in [2.05, 4.69) is 118 Å². The van der Waals surface area contributed by atoms with E-state index in [4.69, 9.17) is 13.8 Å². The molecule has 46 heavy (non-hydrogen) atoms. The molecule has 0 spiro atoms. The van der Waals surface area contributed by atoms with E-state index < -0.39 is 0 Å². The van der Waals surface area contributed by atoms with Gasteiger partial charge in [-0.15, -0.1) is 0 Å². The summed E-state index contributed by atoms with van der Waals surface area (Å²) in [6, 6.07) is 49.5. The highest BCUT2D eigenvalue weighted by molar-refractivity contribution is 6.22. The van der Waals surface area contributed by atoms with E-state index in [9.17, 15) is 0 Å². The summed E-state index contributed by atoms with van der Waals surface area (Å²) in [5.41, 5.74) is 8.68. The number of oxazole rings is 1. The number of hydrogen-bond acceptors (Lipinski definition) is 3. The van der Waals surface area contributed by atoms with E-state index in [-0.39, 0.29) is 0 Å². The van der Waals surface area contributed by atoms with Gasteiger partial charge in [-0.2, -0.15) is 4.98 Å². The van der Waals surface area contributed by atoms with Crippen LogP contribution in [0.1, 0.15) is 0 Å². The highest BCUT2D eigenvalue weighted by atomic mass is 16.4. The second-order valence-electron chi connectivity index (χ2n) is 12.0. The molecule has 5 nitrogen and oxygen atoms in total. The number of hydrogen-bond donors (Lipinski definition) is 0. The number of rotatable bonds is 2. The zero-order valence-electron chi connectivity index (χ0n) is 24.4. The number of benzene rings is 7. The molecule has 0 unspecified atom stereocenters. The van der Waals surface area contributed by atoms with Crippen LogP contribution in [0.3, 0.4) is 0 Å². The summed E-state index contributed by atoms with van der Waals surface area (Å²) < 4.78 is 17.4. The van der Waals surface area contributed by atoms with Crippen LogP contribution in [0, 0.1) is 0 Å². The van der Waals surface area contributed by atoms with Crippen molar-refractivity contribution in [1.29, 1.82) is 0 Å². The number of aromatic nitrogens is 3. The summed E-state index contributed by atoms with van der Waals surface area (Å²) >= 11 is 0. The molecule has 4 heterocycles. The Morgan fingerprint density at radius 2 is 1.11 bits per heavy atom. The van der Waals surface area contributed by atoms with Crippen LogP contribution in [0.15, 0.2) is 148 Å². The molecule has 0 atom stereocenters. The van der Waals surface area contributed by atoms with E-state index in [0.717, 1.165) is 55.1 Å². The molecular formula is C41H23N3O2.